The molecule has 0 unspecified atom stereocenters. The zero-order valence-electron chi connectivity index (χ0n) is 13.4. The fourth-order valence-electron chi connectivity index (χ4n) is 2.44. The number of anilines is 1. The van der Waals surface area contributed by atoms with E-state index < -0.39 is 0 Å². The van der Waals surface area contributed by atoms with Gasteiger partial charge in [-0.3, -0.25) is 0 Å². The Morgan fingerprint density at radius 1 is 0.952 bits per heavy atom. The van der Waals surface area contributed by atoms with Crippen molar-refractivity contribution >= 4 is 5.69 Å². The van der Waals surface area contributed by atoms with Crippen molar-refractivity contribution in [2.75, 3.05) is 5.32 Å². The van der Waals surface area contributed by atoms with E-state index in [1.807, 2.05) is 12.1 Å². The molecule has 0 saturated carbocycles. The number of aromatic hydroxyl groups is 1. The molecular weight excluding hydrogens is 258 g/mol. The quantitative estimate of drug-likeness (QED) is 0.785. The largest absolute Gasteiger partial charge is 0.508 e. The molecule has 0 spiro atoms. The summed E-state index contributed by atoms with van der Waals surface area (Å²) in [7, 11) is 0. The number of phenols is 1. The van der Waals surface area contributed by atoms with Gasteiger partial charge in [0, 0.05) is 12.2 Å². The molecule has 0 aromatic heterocycles. The summed E-state index contributed by atoms with van der Waals surface area (Å²) in [4.78, 5) is 0. The summed E-state index contributed by atoms with van der Waals surface area (Å²) in [5.41, 5.74) is 4.98. The summed E-state index contributed by atoms with van der Waals surface area (Å²) < 4.78 is 0. The van der Waals surface area contributed by atoms with Crippen LogP contribution in [-0.4, -0.2) is 5.11 Å². The molecule has 2 N–H and O–H groups in total. The highest BCUT2D eigenvalue weighted by molar-refractivity contribution is 5.55. The number of nitrogens with one attached hydrogen (secondary N) is 1. The lowest BCUT2D eigenvalue weighted by Crippen LogP contribution is -2.04. The molecule has 0 radical (unpaired) electrons. The molecule has 2 rings (SSSR count). The predicted octanol–water partition coefficient (Wildman–Crippen LogP) is 5.25. The van der Waals surface area contributed by atoms with Crippen LogP contribution in [-0.2, 0) is 6.54 Å². The Morgan fingerprint density at radius 2 is 1.71 bits per heavy atom. The molecule has 0 aliphatic carbocycles. The highest BCUT2D eigenvalue weighted by atomic mass is 16.3. The fourth-order valence-corrected chi connectivity index (χ4v) is 2.44. The number of hydrogen-bond donors (Lipinski definition) is 2. The lowest BCUT2D eigenvalue weighted by Gasteiger charge is -2.18. The molecule has 2 aromatic carbocycles. The van der Waals surface area contributed by atoms with Gasteiger partial charge in [-0.25, -0.2) is 0 Å². The van der Waals surface area contributed by atoms with Gasteiger partial charge in [-0.1, -0.05) is 52.0 Å². The van der Waals surface area contributed by atoms with Gasteiger partial charge in [0.1, 0.15) is 5.75 Å². The van der Waals surface area contributed by atoms with Crippen molar-refractivity contribution in [1.82, 2.24) is 0 Å². The molecule has 2 heteroatoms. The smallest absolute Gasteiger partial charge is 0.115 e. The summed E-state index contributed by atoms with van der Waals surface area (Å²) >= 11 is 0. The zero-order valence-corrected chi connectivity index (χ0v) is 13.4. The fraction of sp³-hybridized carbons (Fsp3) is 0.368. The molecule has 0 amide bonds. The highest BCUT2D eigenvalue weighted by Crippen LogP contribution is 2.28. The van der Waals surface area contributed by atoms with Crippen molar-refractivity contribution in [1.29, 1.82) is 0 Å². The van der Waals surface area contributed by atoms with Crippen LogP contribution in [0.4, 0.5) is 5.69 Å². The normalized spacial score (nSPS) is 11.1. The summed E-state index contributed by atoms with van der Waals surface area (Å²) in [6.45, 7) is 9.60. The van der Waals surface area contributed by atoms with Crippen molar-refractivity contribution in [2.45, 2.75) is 46.1 Å². The van der Waals surface area contributed by atoms with Crippen molar-refractivity contribution < 1.29 is 5.11 Å². The van der Waals surface area contributed by atoms with Gasteiger partial charge in [-0.2, -0.15) is 0 Å². The van der Waals surface area contributed by atoms with Gasteiger partial charge in [0.25, 0.3) is 0 Å². The van der Waals surface area contributed by atoms with E-state index >= 15 is 0 Å². The van der Waals surface area contributed by atoms with E-state index in [0.717, 1.165) is 12.1 Å². The molecular formula is C19H25NO. The average molecular weight is 283 g/mol. The van der Waals surface area contributed by atoms with E-state index in [-0.39, 0.29) is 0 Å². The lowest BCUT2D eigenvalue weighted by molar-refractivity contribution is 0.474. The van der Waals surface area contributed by atoms with Gasteiger partial charge >= 0.3 is 0 Å². The molecule has 0 aliphatic rings. The van der Waals surface area contributed by atoms with E-state index in [1.54, 1.807) is 12.1 Å². The third kappa shape index (κ3) is 4.01. The van der Waals surface area contributed by atoms with Crippen molar-refractivity contribution in [3.05, 3.63) is 59.2 Å². The summed E-state index contributed by atoms with van der Waals surface area (Å²) in [5.74, 6) is 1.34. The average Bonchev–Trinajstić information content (AvgIpc) is 2.44. The first-order valence-corrected chi connectivity index (χ1v) is 7.63. The van der Waals surface area contributed by atoms with Crippen LogP contribution in [0.1, 0.15) is 56.2 Å². The standard InChI is InChI=1S/C19H25NO/c1-13(2)16-8-9-19(18(11-16)14(3)4)20-12-15-6-5-7-17(21)10-15/h5-11,13-14,20-21H,12H2,1-4H3. The number of hydrogen-bond acceptors (Lipinski definition) is 2. The molecule has 0 heterocycles. The molecule has 0 fully saturated rings. The lowest BCUT2D eigenvalue weighted by atomic mass is 9.94. The Kier molecular flexibility index (Phi) is 4.89. The minimum atomic E-state index is 0.313. The summed E-state index contributed by atoms with van der Waals surface area (Å²) in [5, 5.41) is 13.0. The molecule has 0 saturated heterocycles. The third-order valence-electron chi connectivity index (χ3n) is 3.76. The van der Waals surface area contributed by atoms with Crippen molar-refractivity contribution in [2.24, 2.45) is 0 Å². The first-order valence-electron chi connectivity index (χ1n) is 7.63. The van der Waals surface area contributed by atoms with Crippen molar-refractivity contribution in [3.8, 4) is 5.75 Å². The Hall–Kier alpha value is -1.96. The number of phenolic OH excluding ortho intramolecular Hbond substituents is 1. The van der Waals surface area contributed by atoms with Gasteiger partial charge in [0.15, 0.2) is 0 Å². The summed E-state index contributed by atoms with van der Waals surface area (Å²) in [6, 6.07) is 14.1. The van der Waals surface area contributed by atoms with Crippen LogP contribution >= 0.6 is 0 Å². The number of benzene rings is 2. The molecule has 0 aliphatic heterocycles. The van der Waals surface area contributed by atoms with Gasteiger partial charge in [0.2, 0.25) is 0 Å². The van der Waals surface area contributed by atoms with Crippen LogP contribution in [0.25, 0.3) is 0 Å². The second kappa shape index (κ2) is 6.66. The van der Waals surface area contributed by atoms with Gasteiger partial charge in [-0.05, 0) is 46.7 Å². The maximum absolute atomic E-state index is 9.52. The topological polar surface area (TPSA) is 32.3 Å². The molecule has 0 bridgehead atoms. The molecule has 21 heavy (non-hydrogen) atoms. The van der Waals surface area contributed by atoms with Gasteiger partial charge in [-0.15, -0.1) is 0 Å². The van der Waals surface area contributed by atoms with Crippen LogP contribution in [0, 0.1) is 0 Å². The van der Waals surface area contributed by atoms with Crippen LogP contribution < -0.4 is 5.32 Å². The summed E-state index contributed by atoms with van der Waals surface area (Å²) in [6.07, 6.45) is 0. The maximum atomic E-state index is 9.52. The second-order valence-corrected chi connectivity index (χ2v) is 6.18. The predicted molar refractivity (Wildman–Crippen MR) is 90.1 cm³/mol. The second-order valence-electron chi connectivity index (χ2n) is 6.18. The molecule has 2 aromatic rings. The van der Waals surface area contributed by atoms with Crippen LogP contribution in [0.15, 0.2) is 42.5 Å². The highest BCUT2D eigenvalue weighted by Gasteiger charge is 2.09. The Labute approximate surface area is 127 Å². The molecule has 2 nitrogen and oxygen atoms in total. The Balaban J connectivity index is 2.19. The van der Waals surface area contributed by atoms with Crippen LogP contribution in [0.2, 0.25) is 0 Å². The Morgan fingerprint density at radius 3 is 2.33 bits per heavy atom. The van der Waals surface area contributed by atoms with E-state index in [1.165, 1.54) is 16.8 Å². The number of rotatable bonds is 5. The van der Waals surface area contributed by atoms with E-state index in [0.29, 0.717) is 17.6 Å². The van der Waals surface area contributed by atoms with Crippen LogP contribution in [0.5, 0.6) is 5.75 Å². The van der Waals surface area contributed by atoms with Gasteiger partial charge < -0.3 is 10.4 Å². The third-order valence-corrected chi connectivity index (χ3v) is 3.76. The van der Waals surface area contributed by atoms with Gasteiger partial charge in [0.05, 0.1) is 0 Å². The van der Waals surface area contributed by atoms with E-state index in [4.69, 9.17) is 0 Å². The molecule has 112 valence electrons. The minimum absolute atomic E-state index is 0.313. The van der Waals surface area contributed by atoms with Crippen LogP contribution in [0.3, 0.4) is 0 Å². The minimum Gasteiger partial charge on any atom is -0.508 e. The van der Waals surface area contributed by atoms with E-state index in [2.05, 4.69) is 51.2 Å². The Bertz CT molecular complexity index is 602. The zero-order chi connectivity index (χ0) is 15.4. The van der Waals surface area contributed by atoms with E-state index in [9.17, 15) is 5.11 Å². The first kappa shape index (κ1) is 15.4. The van der Waals surface area contributed by atoms with Crippen molar-refractivity contribution in [3.63, 3.8) is 0 Å². The SMILES string of the molecule is CC(C)c1ccc(NCc2cccc(O)c2)c(C(C)C)c1. The molecule has 0 atom stereocenters. The first-order chi connectivity index (χ1) is 9.97. The maximum Gasteiger partial charge on any atom is 0.115 e. The monoisotopic (exact) mass is 283 g/mol.